The van der Waals surface area contributed by atoms with E-state index in [-0.39, 0.29) is 21.2 Å². The van der Waals surface area contributed by atoms with Crippen molar-refractivity contribution in [1.29, 1.82) is 0 Å². The Morgan fingerprint density at radius 3 is 2.53 bits per heavy atom. The fraction of sp³-hybridized carbons (Fsp3) is 0.429. The van der Waals surface area contributed by atoms with Gasteiger partial charge in [0.25, 0.3) is 0 Å². The first-order chi connectivity index (χ1) is 6.92. The van der Waals surface area contributed by atoms with Crippen LogP contribution < -0.4 is 21.2 Å². The number of rotatable bonds is 3. The van der Waals surface area contributed by atoms with Gasteiger partial charge in [-0.2, -0.15) is 0 Å². The van der Waals surface area contributed by atoms with Crippen molar-refractivity contribution >= 4 is 3.58 Å². The molecule has 0 saturated carbocycles. The number of hydrogen-bond acceptors (Lipinski definition) is 0. The molecule has 1 aromatic rings. The second-order valence-corrected chi connectivity index (χ2v) is 9.70. The zero-order chi connectivity index (χ0) is 11.5. The second kappa shape index (κ2) is 5.15. The van der Waals surface area contributed by atoms with Crippen LogP contribution in [0, 0.1) is 0 Å². The van der Waals surface area contributed by atoms with Crippen LogP contribution in [0.25, 0.3) is 3.58 Å². The topological polar surface area (TPSA) is 0 Å². The molecule has 0 fully saturated rings. The summed E-state index contributed by atoms with van der Waals surface area (Å²) in [5.41, 5.74) is 2.75. The van der Waals surface area contributed by atoms with E-state index in [2.05, 4.69) is 58.5 Å². The molecule has 0 amide bonds. The third-order valence-electron chi connectivity index (χ3n) is 2.05. The van der Waals surface area contributed by atoms with Crippen LogP contribution in [0.1, 0.15) is 38.8 Å². The standard InChI is InChI=1S/C14H20I/c1-6-12-8-7-9-13(10-12)11(2)15-14(3,4)5/h7-10H,2,6H2,1,3-5H3/q-1. The Kier molecular flexibility index (Phi) is 4.38. The van der Waals surface area contributed by atoms with Gasteiger partial charge < -0.3 is 0 Å². The molecule has 0 radical (unpaired) electrons. The first-order valence-corrected chi connectivity index (χ1v) is 7.52. The fourth-order valence-corrected chi connectivity index (χ4v) is 3.96. The van der Waals surface area contributed by atoms with Crippen molar-refractivity contribution in [3.63, 3.8) is 0 Å². The number of hydrogen-bond donors (Lipinski definition) is 0. The number of alkyl halides is 1. The van der Waals surface area contributed by atoms with E-state index < -0.39 is 0 Å². The van der Waals surface area contributed by atoms with Crippen molar-refractivity contribution in [1.82, 2.24) is 0 Å². The first kappa shape index (κ1) is 12.8. The van der Waals surface area contributed by atoms with Gasteiger partial charge in [0.1, 0.15) is 0 Å². The van der Waals surface area contributed by atoms with Gasteiger partial charge in [-0.3, -0.25) is 0 Å². The molecule has 0 aliphatic carbocycles. The third-order valence-corrected chi connectivity index (χ3v) is 4.94. The molecule has 0 atom stereocenters. The molecule has 84 valence electrons. The predicted octanol–water partition coefficient (Wildman–Crippen LogP) is 1.11. The summed E-state index contributed by atoms with van der Waals surface area (Å²) in [6, 6.07) is 8.80. The summed E-state index contributed by atoms with van der Waals surface area (Å²) in [5.74, 6) is 0. The molecule has 0 aliphatic heterocycles. The third kappa shape index (κ3) is 4.37. The molecule has 0 spiro atoms. The van der Waals surface area contributed by atoms with E-state index in [4.69, 9.17) is 0 Å². The molecular formula is C14H20I-. The van der Waals surface area contributed by atoms with Gasteiger partial charge in [0, 0.05) is 0 Å². The summed E-state index contributed by atoms with van der Waals surface area (Å²) in [4.78, 5) is 0. The Balaban J connectivity index is 2.82. The van der Waals surface area contributed by atoms with Gasteiger partial charge in [0.15, 0.2) is 0 Å². The number of aryl methyl sites for hydroxylation is 1. The Morgan fingerprint density at radius 1 is 1.33 bits per heavy atom. The Labute approximate surface area is 104 Å². The molecule has 0 aromatic heterocycles. The molecular weight excluding hydrogens is 295 g/mol. The molecule has 1 rings (SSSR count). The van der Waals surface area contributed by atoms with Gasteiger partial charge in [-0.1, -0.05) is 0 Å². The van der Waals surface area contributed by atoms with Gasteiger partial charge >= 0.3 is 104 Å². The maximum absolute atomic E-state index is 4.23. The molecule has 0 unspecified atom stereocenters. The monoisotopic (exact) mass is 315 g/mol. The van der Waals surface area contributed by atoms with Gasteiger partial charge in [0.05, 0.1) is 0 Å². The predicted molar refractivity (Wildman–Crippen MR) is 64.6 cm³/mol. The van der Waals surface area contributed by atoms with E-state index in [0.29, 0.717) is 3.42 Å². The number of halogens is 1. The summed E-state index contributed by atoms with van der Waals surface area (Å²) >= 11 is 0.0277. The van der Waals surface area contributed by atoms with E-state index in [1.807, 2.05) is 0 Å². The van der Waals surface area contributed by atoms with Crippen LogP contribution >= 0.6 is 0 Å². The van der Waals surface area contributed by atoms with Crippen LogP contribution in [0.2, 0.25) is 0 Å². The SMILES string of the molecule is C=C([I-]C(C)(C)C)c1cccc(CC)c1. The summed E-state index contributed by atoms with van der Waals surface area (Å²) in [5, 5.41) is 0. The summed E-state index contributed by atoms with van der Waals surface area (Å²) in [7, 11) is 0. The molecule has 1 aromatic carbocycles. The van der Waals surface area contributed by atoms with Crippen LogP contribution in [-0.2, 0) is 6.42 Å². The Hall–Kier alpha value is -0.310. The van der Waals surface area contributed by atoms with E-state index >= 15 is 0 Å². The van der Waals surface area contributed by atoms with E-state index in [1.165, 1.54) is 14.7 Å². The van der Waals surface area contributed by atoms with E-state index in [9.17, 15) is 0 Å². The van der Waals surface area contributed by atoms with Crippen molar-refractivity contribution in [3.05, 3.63) is 42.0 Å². The van der Waals surface area contributed by atoms with Gasteiger partial charge in [-0.25, -0.2) is 0 Å². The van der Waals surface area contributed by atoms with Crippen LogP contribution in [0.3, 0.4) is 0 Å². The second-order valence-electron chi connectivity index (χ2n) is 4.62. The zero-order valence-corrected chi connectivity index (χ0v) is 12.3. The summed E-state index contributed by atoms with van der Waals surface area (Å²) < 4.78 is 1.79. The zero-order valence-electron chi connectivity index (χ0n) is 10.1. The molecule has 1 heteroatoms. The van der Waals surface area contributed by atoms with Crippen molar-refractivity contribution < 1.29 is 21.2 Å². The minimum absolute atomic E-state index is 0.0277. The molecule has 0 N–H and O–H groups in total. The minimum atomic E-state index is 0.0277. The Morgan fingerprint density at radius 2 is 2.00 bits per heavy atom. The van der Waals surface area contributed by atoms with Crippen LogP contribution in [-0.4, -0.2) is 3.42 Å². The van der Waals surface area contributed by atoms with Crippen LogP contribution in [0.15, 0.2) is 30.8 Å². The average Bonchev–Trinajstić information content (AvgIpc) is 2.15. The summed E-state index contributed by atoms with van der Waals surface area (Å²) in [6.45, 7) is 13.3. The molecule has 0 heterocycles. The molecule has 0 saturated heterocycles. The summed E-state index contributed by atoms with van der Waals surface area (Å²) in [6.07, 6.45) is 1.11. The van der Waals surface area contributed by atoms with Crippen molar-refractivity contribution in [2.75, 3.05) is 0 Å². The average molecular weight is 315 g/mol. The molecule has 0 bridgehead atoms. The molecule has 0 nitrogen and oxygen atoms in total. The van der Waals surface area contributed by atoms with Crippen molar-refractivity contribution in [2.24, 2.45) is 0 Å². The van der Waals surface area contributed by atoms with E-state index in [0.717, 1.165) is 6.42 Å². The van der Waals surface area contributed by atoms with Crippen LogP contribution in [0.5, 0.6) is 0 Å². The van der Waals surface area contributed by atoms with Crippen molar-refractivity contribution in [2.45, 2.75) is 37.5 Å². The number of benzene rings is 1. The molecule has 15 heavy (non-hydrogen) atoms. The van der Waals surface area contributed by atoms with E-state index in [1.54, 1.807) is 0 Å². The molecule has 0 aliphatic rings. The van der Waals surface area contributed by atoms with Crippen molar-refractivity contribution in [3.8, 4) is 0 Å². The van der Waals surface area contributed by atoms with Crippen LogP contribution in [0.4, 0.5) is 0 Å². The maximum atomic E-state index is 4.23. The van der Waals surface area contributed by atoms with Gasteiger partial charge in [0.2, 0.25) is 0 Å². The normalized spacial score (nSPS) is 11.7. The Bertz CT molecular complexity index is 345. The quantitative estimate of drug-likeness (QED) is 0.579. The first-order valence-electron chi connectivity index (χ1n) is 5.36. The van der Waals surface area contributed by atoms with Gasteiger partial charge in [-0.05, 0) is 0 Å². The fourth-order valence-electron chi connectivity index (χ4n) is 1.36. The van der Waals surface area contributed by atoms with Gasteiger partial charge in [-0.15, -0.1) is 0 Å².